The summed E-state index contributed by atoms with van der Waals surface area (Å²) >= 11 is 6.25. The molecule has 0 radical (unpaired) electrons. The van der Waals surface area contributed by atoms with Gasteiger partial charge in [-0.3, -0.25) is 0 Å². The molecule has 0 aliphatic rings. The molecular formula is C15H15Br2F2NO3S. The number of methoxy groups -OCH3 is 1. The number of benzene rings is 2. The van der Waals surface area contributed by atoms with Crippen molar-refractivity contribution in [2.75, 3.05) is 13.4 Å². The van der Waals surface area contributed by atoms with E-state index in [0.717, 1.165) is 6.26 Å². The highest BCUT2D eigenvalue weighted by Crippen LogP contribution is 2.19. The highest BCUT2D eigenvalue weighted by atomic mass is 79.9. The SMILES string of the molecule is COc1cc(F)cc(Br)c1.CS(=O)(=O)NCc1cc(F)cc(Br)c1. The van der Waals surface area contributed by atoms with Crippen LogP contribution in [0.2, 0.25) is 0 Å². The van der Waals surface area contributed by atoms with E-state index in [-0.39, 0.29) is 12.4 Å². The van der Waals surface area contributed by atoms with E-state index in [1.165, 1.54) is 31.4 Å². The van der Waals surface area contributed by atoms with Crippen LogP contribution in [0, 0.1) is 11.6 Å². The molecule has 0 heterocycles. The summed E-state index contributed by atoms with van der Waals surface area (Å²) < 4.78 is 55.2. The zero-order chi connectivity index (χ0) is 18.3. The molecular weight excluding hydrogens is 472 g/mol. The molecule has 4 nitrogen and oxygen atoms in total. The van der Waals surface area contributed by atoms with Crippen molar-refractivity contribution in [3.05, 3.63) is 62.5 Å². The van der Waals surface area contributed by atoms with Crippen LogP contribution in [0.5, 0.6) is 5.75 Å². The van der Waals surface area contributed by atoms with Gasteiger partial charge in [0.1, 0.15) is 17.4 Å². The standard InChI is InChI=1S/C8H9BrFNO2S.C7H6BrFO/c1-14(12,13)11-5-6-2-7(9)4-8(10)3-6;1-10-7-3-5(8)2-6(9)4-7/h2-4,11H,5H2,1H3;2-4H,1H3. The molecule has 2 rings (SSSR count). The summed E-state index contributed by atoms with van der Waals surface area (Å²) in [4.78, 5) is 0. The maximum atomic E-state index is 12.8. The Labute approximate surface area is 156 Å². The molecule has 0 atom stereocenters. The van der Waals surface area contributed by atoms with Crippen LogP contribution in [0.3, 0.4) is 0 Å². The number of halogens is 4. The van der Waals surface area contributed by atoms with Gasteiger partial charge in [0.05, 0.1) is 13.4 Å². The smallest absolute Gasteiger partial charge is 0.209 e. The molecule has 0 aliphatic heterocycles. The minimum atomic E-state index is -3.24. The maximum absolute atomic E-state index is 12.8. The quantitative estimate of drug-likeness (QED) is 0.703. The Morgan fingerprint density at radius 2 is 1.54 bits per heavy atom. The molecule has 1 N–H and O–H groups in total. The lowest BCUT2D eigenvalue weighted by molar-refractivity contribution is 0.411. The van der Waals surface area contributed by atoms with Crippen molar-refractivity contribution in [3.8, 4) is 5.75 Å². The Morgan fingerprint density at radius 1 is 1.00 bits per heavy atom. The average molecular weight is 487 g/mol. The van der Waals surface area contributed by atoms with Gasteiger partial charge in [-0.2, -0.15) is 0 Å². The van der Waals surface area contributed by atoms with E-state index in [2.05, 4.69) is 36.6 Å². The second-order valence-corrected chi connectivity index (χ2v) is 8.34. The third kappa shape index (κ3) is 8.72. The van der Waals surface area contributed by atoms with Crippen LogP contribution >= 0.6 is 31.9 Å². The summed E-state index contributed by atoms with van der Waals surface area (Å²) in [6, 6.07) is 8.64. The predicted molar refractivity (Wildman–Crippen MR) is 96.4 cm³/mol. The first-order chi connectivity index (χ1) is 11.1. The molecule has 24 heavy (non-hydrogen) atoms. The molecule has 0 spiro atoms. The van der Waals surface area contributed by atoms with E-state index >= 15 is 0 Å². The first-order valence-electron chi connectivity index (χ1n) is 6.49. The summed E-state index contributed by atoms with van der Waals surface area (Å²) in [6.07, 6.45) is 1.06. The van der Waals surface area contributed by atoms with Crippen LogP contribution in [0.1, 0.15) is 5.56 Å². The van der Waals surface area contributed by atoms with E-state index in [1.807, 2.05) is 0 Å². The molecule has 0 saturated heterocycles. The minimum absolute atomic E-state index is 0.0925. The Balaban J connectivity index is 0.000000254. The lowest BCUT2D eigenvalue weighted by Gasteiger charge is -2.03. The fourth-order valence-electron chi connectivity index (χ4n) is 1.57. The molecule has 132 valence electrons. The van der Waals surface area contributed by atoms with Gasteiger partial charge in [-0.1, -0.05) is 31.9 Å². The first-order valence-corrected chi connectivity index (χ1v) is 9.96. The second-order valence-electron chi connectivity index (χ2n) is 4.68. The summed E-state index contributed by atoms with van der Waals surface area (Å²) in [5.74, 6) is -0.178. The van der Waals surface area contributed by atoms with Gasteiger partial charge in [-0.05, 0) is 35.9 Å². The predicted octanol–water partition coefficient (Wildman–Crippen LogP) is 4.23. The van der Waals surface area contributed by atoms with E-state index in [9.17, 15) is 17.2 Å². The van der Waals surface area contributed by atoms with Crippen molar-refractivity contribution >= 4 is 41.9 Å². The topological polar surface area (TPSA) is 55.4 Å². The molecule has 0 aromatic heterocycles. The van der Waals surface area contributed by atoms with Crippen LogP contribution < -0.4 is 9.46 Å². The highest BCUT2D eigenvalue weighted by Gasteiger charge is 2.03. The van der Waals surface area contributed by atoms with Gasteiger partial charge in [0, 0.05) is 21.6 Å². The lowest BCUT2D eigenvalue weighted by Crippen LogP contribution is -2.21. The third-order valence-electron chi connectivity index (χ3n) is 2.53. The van der Waals surface area contributed by atoms with Gasteiger partial charge in [-0.15, -0.1) is 0 Å². The van der Waals surface area contributed by atoms with Crippen LogP contribution in [0.15, 0.2) is 45.3 Å². The Kier molecular flexibility index (Phi) is 8.28. The lowest BCUT2D eigenvalue weighted by atomic mass is 10.2. The molecule has 0 fully saturated rings. The number of ether oxygens (including phenoxy) is 1. The number of hydrogen-bond acceptors (Lipinski definition) is 3. The van der Waals surface area contributed by atoms with Gasteiger partial charge < -0.3 is 4.74 Å². The highest BCUT2D eigenvalue weighted by molar-refractivity contribution is 9.10. The van der Waals surface area contributed by atoms with Gasteiger partial charge in [0.25, 0.3) is 0 Å². The molecule has 2 aromatic rings. The van der Waals surface area contributed by atoms with Crippen LogP contribution in [0.4, 0.5) is 8.78 Å². The first kappa shape index (κ1) is 21.0. The molecule has 0 bridgehead atoms. The summed E-state index contributed by atoms with van der Waals surface area (Å²) in [7, 11) is -1.73. The van der Waals surface area contributed by atoms with E-state index < -0.39 is 15.8 Å². The van der Waals surface area contributed by atoms with Gasteiger partial charge in [0.15, 0.2) is 0 Å². The van der Waals surface area contributed by atoms with Crippen molar-refractivity contribution in [1.29, 1.82) is 0 Å². The normalized spacial score (nSPS) is 10.8. The molecule has 0 amide bonds. The molecule has 2 aromatic carbocycles. The average Bonchev–Trinajstić information content (AvgIpc) is 2.43. The van der Waals surface area contributed by atoms with Crippen LogP contribution in [-0.4, -0.2) is 21.8 Å². The van der Waals surface area contributed by atoms with Crippen LogP contribution in [-0.2, 0) is 16.6 Å². The van der Waals surface area contributed by atoms with Crippen molar-refractivity contribution < 1.29 is 21.9 Å². The zero-order valence-corrected chi connectivity index (χ0v) is 16.8. The monoisotopic (exact) mass is 485 g/mol. The zero-order valence-electron chi connectivity index (χ0n) is 12.8. The van der Waals surface area contributed by atoms with Crippen molar-refractivity contribution in [2.45, 2.75) is 6.54 Å². The molecule has 9 heteroatoms. The van der Waals surface area contributed by atoms with E-state index in [1.54, 1.807) is 12.1 Å². The number of hydrogen-bond donors (Lipinski definition) is 1. The van der Waals surface area contributed by atoms with Crippen LogP contribution in [0.25, 0.3) is 0 Å². The molecule has 0 saturated carbocycles. The summed E-state index contributed by atoms with van der Waals surface area (Å²) in [5.41, 5.74) is 0.572. The molecule has 0 unspecified atom stereocenters. The second kappa shape index (κ2) is 9.45. The minimum Gasteiger partial charge on any atom is -0.497 e. The summed E-state index contributed by atoms with van der Waals surface area (Å²) in [5, 5.41) is 0. The number of sulfonamides is 1. The maximum Gasteiger partial charge on any atom is 0.209 e. The van der Waals surface area contributed by atoms with E-state index in [4.69, 9.17) is 4.74 Å². The van der Waals surface area contributed by atoms with Crippen molar-refractivity contribution in [3.63, 3.8) is 0 Å². The number of nitrogens with one attached hydrogen (secondary N) is 1. The Bertz CT molecular complexity index is 761. The van der Waals surface area contributed by atoms with E-state index in [0.29, 0.717) is 20.3 Å². The largest absolute Gasteiger partial charge is 0.497 e. The summed E-state index contributed by atoms with van der Waals surface area (Å²) in [6.45, 7) is 0.0925. The third-order valence-corrected chi connectivity index (χ3v) is 4.12. The number of rotatable bonds is 4. The van der Waals surface area contributed by atoms with Gasteiger partial charge in [-0.25, -0.2) is 21.9 Å². The Morgan fingerprint density at radius 3 is 2.00 bits per heavy atom. The van der Waals surface area contributed by atoms with Gasteiger partial charge in [0.2, 0.25) is 10.0 Å². The fraction of sp³-hybridized carbons (Fsp3) is 0.200. The molecule has 0 aliphatic carbocycles. The van der Waals surface area contributed by atoms with Gasteiger partial charge >= 0.3 is 0 Å². The van der Waals surface area contributed by atoms with Crippen molar-refractivity contribution in [1.82, 2.24) is 4.72 Å². The Hall–Kier alpha value is -1.03. The fourth-order valence-corrected chi connectivity index (χ4v) is 2.96. The van der Waals surface area contributed by atoms with Crippen molar-refractivity contribution in [2.24, 2.45) is 0 Å².